The second kappa shape index (κ2) is 6.75. The van der Waals surface area contributed by atoms with Gasteiger partial charge in [0.2, 0.25) is 0 Å². The van der Waals surface area contributed by atoms with Gasteiger partial charge in [0.05, 0.1) is 21.9 Å². The van der Waals surface area contributed by atoms with E-state index in [4.69, 9.17) is 4.74 Å². The van der Waals surface area contributed by atoms with Crippen molar-refractivity contribution in [2.45, 2.75) is 19.3 Å². The minimum Gasteiger partial charge on any atom is -0.485 e. The molecule has 0 fully saturated rings. The first kappa shape index (κ1) is 18.8. The van der Waals surface area contributed by atoms with Crippen LogP contribution in [0.3, 0.4) is 0 Å². The predicted octanol–water partition coefficient (Wildman–Crippen LogP) is 3.75. The highest BCUT2D eigenvalue weighted by atomic mass is 16.6. The molecule has 136 valence electrons. The monoisotopic (exact) mass is 361 g/mol. The summed E-state index contributed by atoms with van der Waals surface area (Å²) in [6.07, 6.45) is 0. The molecule has 26 heavy (non-hydrogen) atoms. The van der Waals surface area contributed by atoms with Crippen LogP contribution in [0.1, 0.15) is 25.0 Å². The molecule has 0 bridgehead atoms. The van der Waals surface area contributed by atoms with Crippen molar-refractivity contribution in [2.24, 2.45) is 0 Å². The standard InChI is InChI=1S/C16H15N3O7/c1-16(2,10-4-6-12(7-5-10)17(20)21)11-8-13(18(22)23)15(26-3)14(9-11)19(24)25/h4-9H,1-3H3. The highest BCUT2D eigenvalue weighted by Gasteiger charge is 2.33. The molecule has 0 spiro atoms. The van der Waals surface area contributed by atoms with Crippen molar-refractivity contribution in [1.82, 2.24) is 0 Å². The van der Waals surface area contributed by atoms with Crippen LogP contribution >= 0.6 is 0 Å². The average Bonchev–Trinajstić information content (AvgIpc) is 2.60. The summed E-state index contributed by atoms with van der Waals surface area (Å²) in [4.78, 5) is 31.4. The summed E-state index contributed by atoms with van der Waals surface area (Å²) in [7, 11) is 1.12. The smallest absolute Gasteiger partial charge is 0.318 e. The van der Waals surface area contributed by atoms with Crippen molar-refractivity contribution in [1.29, 1.82) is 0 Å². The van der Waals surface area contributed by atoms with Gasteiger partial charge in [-0.15, -0.1) is 0 Å². The maximum Gasteiger partial charge on any atom is 0.318 e. The Hall–Kier alpha value is -3.56. The SMILES string of the molecule is COc1c([N+](=O)[O-])cc(C(C)(C)c2ccc([N+](=O)[O-])cc2)cc1[N+](=O)[O-]. The Balaban J connectivity index is 2.66. The summed E-state index contributed by atoms with van der Waals surface area (Å²) in [5.41, 5.74) is -1.10. The Kier molecular flexibility index (Phi) is 4.87. The lowest BCUT2D eigenvalue weighted by molar-refractivity contribution is -0.396. The summed E-state index contributed by atoms with van der Waals surface area (Å²) < 4.78 is 4.86. The number of hydrogen-bond donors (Lipinski definition) is 0. The summed E-state index contributed by atoms with van der Waals surface area (Å²) in [5.74, 6) is -0.428. The quantitative estimate of drug-likeness (QED) is 0.564. The lowest BCUT2D eigenvalue weighted by Crippen LogP contribution is -2.19. The van der Waals surface area contributed by atoms with Crippen LogP contribution in [-0.2, 0) is 5.41 Å². The highest BCUT2D eigenvalue weighted by Crippen LogP contribution is 2.43. The zero-order valence-corrected chi connectivity index (χ0v) is 14.2. The van der Waals surface area contributed by atoms with Crippen LogP contribution in [0.2, 0.25) is 0 Å². The maximum absolute atomic E-state index is 11.3. The van der Waals surface area contributed by atoms with Crippen LogP contribution in [0.15, 0.2) is 36.4 Å². The van der Waals surface area contributed by atoms with E-state index in [0.29, 0.717) is 11.1 Å². The van der Waals surface area contributed by atoms with Crippen molar-refractivity contribution in [3.8, 4) is 5.75 Å². The molecular weight excluding hydrogens is 346 g/mol. The van der Waals surface area contributed by atoms with Crippen molar-refractivity contribution >= 4 is 17.1 Å². The normalized spacial score (nSPS) is 11.0. The maximum atomic E-state index is 11.3. The van der Waals surface area contributed by atoms with Gasteiger partial charge in [0, 0.05) is 29.7 Å². The Morgan fingerprint density at radius 1 is 0.808 bits per heavy atom. The molecule has 0 amide bonds. The minimum absolute atomic E-state index is 0.101. The van der Waals surface area contributed by atoms with Crippen molar-refractivity contribution in [3.05, 3.63) is 77.9 Å². The van der Waals surface area contributed by atoms with Gasteiger partial charge in [0.1, 0.15) is 0 Å². The van der Waals surface area contributed by atoms with E-state index in [2.05, 4.69) is 0 Å². The van der Waals surface area contributed by atoms with Gasteiger partial charge in [-0.2, -0.15) is 0 Å². The molecule has 0 aliphatic rings. The third-order valence-corrected chi connectivity index (χ3v) is 4.17. The van der Waals surface area contributed by atoms with Gasteiger partial charge < -0.3 is 4.74 Å². The Labute approximate surface area is 147 Å². The summed E-state index contributed by atoms with van der Waals surface area (Å²) in [6.45, 7) is 3.42. The number of nitro benzene ring substituents is 3. The molecule has 2 aromatic rings. The molecule has 0 saturated heterocycles. The van der Waals surface area contributed by atoms with Crippen LogP contribution in [0.5, 0.6) is 5.75 Å². The van der Waals surface area contributed by atoms with Gasteiger partial charge in [-0.05, 0) is 11.1 Å². The first-order chi connectivity index (χ1) is 12.1. The number of non-ortho nitro benzene ring substituents is 1. The zero-order chi connectivity index (χ0) is 19.6. The van der Waals surface area contributed by atoms with Gasteiger partial charge in [0.15, 0.2) is 0 Å². The van der Waals surface area contributed by atoms with Crippen LogP contribution in [0.25, 0.3) is 0 Å². The van der Waals surface area contributed by atoms with Gasteiger partial charge in [-0.3, -0.25) is 30.3 Å². The fraction of sp³-hybridized carbons (Fsp3) is 0.250. The highest BCUT2D eigenvalue weighted by molar-refractivity contribution is 5.64. The lowest BCUT2D eigenvalue weighted by atomic mass is 9.77. The Morgan fingerprint density at radius 2 is 1.27 bits per heavy atom. The lowest BCUT2D eigenvalue weighted by Gasteiger charge is -2.26. The van der Waals surface area contributed by atoms with Gasteiger partial charge >= 0.3 is 11.4 Å². The van der Waals surface area contributed by atoms with E-state index >= 15 is 0 Å². The van der Waals surface area contributed by atoms with E-state index in [-0.39, 0.29) is 5.69 Å². The topological polar surface area (TPSA) is 139 Å². The molecule has 0 aliphatic heterocycles. The van der Waals surface area contributed by atoms with Crippen molar-refractivity contribution in [2.75, 3.05) is 7.11 Å². The first-order valence-electron chi connectivity index (χ1n) is 7.35. The molecule has 0 N–H and O–H groups in total. The van der Waals surface area contributed by atoms with E-state index in [1.54, 1.807) is 13.8 Å². The Morgan fingerprint density at radius 3 is 1.62 bits per heavy atom. The molecule has 2 rings (SSSR count). The largest absolute Gasteiger partial charge is 0.485 e. The van der Waals surface area contributed by atoms with Gasteiger partial charge in [-0.25, -0.2) is 0 Å². The summed E-state index contributed by atoms with van der Waals surface area (Å²) in [6, 6.07) is 8.08. The van der Waals surface area contributed by atoms with Gasteiger partial charge in [-0.1, -0.05) is 26.0 Å². The number of ether oxygens (including phenoxy) is 1. The molecule has 10 nitrogen and oxygen atoms in total. The van der Waals surface area contributed by atoms with Crippen LogP contribution in [0.4, 0.5) is 17.1 Å². The molecule has 0 aromatic heterocycles. The number of methoxy groups -OCH3 is 1. The number of nitro groups is 3. The van der Waals surface area contributed by atoms with E-state index in [0.717, 1.165) is 7.11 Å². The van der Waals surface area contributed by atoms with Crippen LogP contribution in [0, 0.1) is 30.3 Å². The van der Waals surface area contributed by atoms with E-state index in [1.165, 1.54) is 36.4 Å². The molecule has 0 aliphatic carbocycles. The zero-order valence-electron chi connectivity index (χ0n) is 14.2. The third-order valence-electron chi connectivity index (χ3n) is 4.17. The molecular formula is C16H15N3O7. The van der Waals surface area contributed by atoms with Crippen LogP contribution in [-0.4, -0.2) is 21.9 Å². The minimum atomic E-state index is -0.878. The summed E-state index contributed by atoms with van der Waals surface area (Å²) in [5, 5.41) is 33.4. The number of hydrogen-bond acceptors (Lipinski definition) is 7. The van der Waals surface area contributed by atoms with E-state index < -0.39 is 37.3 Å². The number of nitrogens with zero attached hydrogens (tertiary/aromatic N) is 3. The molecule has 0 unspecified atom stereocenters. The third kappa shape index (κ3) is 3.29. The average molecular weight is 361 g/mol. The second-order valence-electron chi connectivity index (χ2n) is 5.99. The summed E-state index contributed by atoms with van der Waals surface area (Å²) >= 11 is 0. The second-order valence-corrected chi connectivity index (χ2v) is 5.99. The van der Waals surface area contributed by atoms with Crippen molar-refractivity contribution in [3.63, 3.8) is 0 Å². The molecule has 2 aromatic carbocycles. The molecule has 0 heterocycles. The Bertz CT molecular complexity index is 856. The number of rotatable bonds is 6. The van der Waals surface area contributed by atoms with E-state index in [9.17, 15) is 30.3 Å². The molecule has 10 heteroatoms. The number of benzene rings is 2. The van der Waals surface area contributed by atoms with Crippen LogP contribution < -0.4 is 4.74 Å². The van der Waals surface area contributed by atoms with E-state index in [1.807, 2.05) is 0 Å². The van der Waals surface area contributed by atoms with Crippen molar-refractivity contribution < 1.29 is 19.5 Å². The fourth-order valence-electron chi connectivity index (χ4n) is 2.61. The molecule has 0 radical (unpaired) electrons. The fourth-order valence-corrected chi connectivity index (χ4v) is 2.61. The first-order valence-corrected chi connectivity index (χ1v) is 7.35. The predicted molar refractivity (Wildman–Crippen MR) is 91.5 cm³/mol. The molecule has 0 saturated carbocycles. The van der Waals surface area contributed by atoms with Gasteiger partial charge in [0.25, 0.3) is 11.4 Å². The molecule has 0 atom stereocenters.